The molecule has 0 spiro atoms. The first-order valence-corrected chi connectivity index (χ1v) is 9.57. The summed E-state index contributed by atoms with van der Waals surface area (Å²) in [5, 5.41) is 2.85. The third-order valence-corrected chi connectivity index (χ3v) is 6.17. The first-order chi connectivity index (χ1) is 13.5. The van der Waals surface area contributed by atoms with Crippen molar-refractivity contribution in [1.82, 2.24) is 0 Å². The van der Waals surface area contributed by atoms with Gasteiger partial charge < -0.3 is 5.32 Å². The van der Waals surface area contributed by atoms with E-state index in [1.165, 1.54) is 4.90 Å². The van der Waals surface area contributed by atoms with Crippen LogP contribution in [0, 0.1) is 30.6 Å². The molecule has 1 heterocycles. The molecule has 5 rings (SSSR count). The smallest absolute Gasteiger partial charge is 0.255 e. The summed E-state index contributed by atoms with van der Waals surface area (Å²) in [7, 11) is 0. The van der Waals surface area contributed by atoms with Crippen molar-refractivity contribution >= 4 is 29.1 Å². The van der Waals surface area contributed by atoms with Gasteiger partial charge in [0.1, 0.15) is 0 Å². The van der Waals surface area contributed by atoms with Crippen LogP contribution >= 0.6 is 0 Å². The van der Waals surface area contributed by atoms with E-state index in [9.17, 15) is 14.4 Å². The minimum atomic E-state index is -0.228. The lowest BCUT2D eigenvalue weighted by Gasteiger charge is -2.17. The minimum Gasteiger partial charge on any atom is -0.322 e. The average molecular weight is 372 g/mol. The number of hydrogen-bond donors (Lipinski definition) is 1. The molecule has 2 aromatic rings. The standard InChI is InChI=1S/C23H20N2O3/c1-13-2-8-17(9-3-13)24-21(26)14-6-10-18(11-7-14)25-22(27)19-15-4-5-16(12-15)20(19)23(25)28/h2-11,15-16,19-20H,12H2,1H3,(H,24,26)/t15-,16-,19-,20+/m0/s1. The van der Waals surface area contributed by atoms with Crippen molar-refractivity contribution in [2.24, 2.45) is 23.7 Å². The molecule has 5 heteroatoms. The molecule has 4 atom stereocenters. The van der Waals surface area contributed by atoms with Gasteiger partial charge in [-0.15, -0.1) is 0 Å². The van der Waals surface area contributed by atoms with E-state index in [2.05, 4.69) is 17.5 Å². The average Bonchev–Trinajstić information content (AvgIpc) is 3.38. The second-order valence-corrected chi connectivity index (χ2v) is 7.88. The largest absolute Gasteiger partial charge is 0.322 e. The maximum absolute atomic E-state index is 12.9. The Balaban J connectivity index is 1.34. The van der Waals surface area contributed by atoms with Crippen LogP contribution in [0.5, 0.6) is 0 Å². The molecule has 2 bridgehead atoms. The zero-order valence-electron chi connectivity index (χ0n) is 15.5. The number of fused-ring (bicyclic) bond motifs is 5. The van der Waals surface area contributed by atoms with Crippen LogP contribution in [0.1, 0.15) is 22.3 Å². The summed E-state index contributed by atoms with van der Waals surface area (Å²) >= 11 is 0. The van der Waals surface area contributed by atoms with Gasteiger partial charge >= 0.3 is 0 Å². The highest BCUT2D eigenvalue weighted by Crippen LogP contribution is 2.53. The van der Waals surface area contributed by atoms with Gasteiger partial charge in [-0.1, -0.05) is 29.8 Å². The summed E-state index contributed by atoms with van der Waals surface area (Å²) in [6, 6.07) is 14.2. The molecule has 1 aliphatic heterocycles. The third kappa shape index (κ3) is 2.50. The summed E-state index contributed by atoms with van der Waals surface area (Å²) < 4.78 is 0. The highest BCUT2D eigenvalue weighted by Gasteiger charge is 2.59. The summed E-state index contributed by atoms with van der Waals surface area (Å²) in [6.07, 6.45) is 5.08. The number of nitrogens with one attached hydrogen (secondary N) is 1. The van der Waals surface area contributed by atoms with Gasteiger partial charge in [0, 0.05) is 11.3 Å². The molecular weight excluding hydrogens is 352 g/mol. The van der Waals surface area contributed by atoms with E-state index < -0.39 is 0 Å². The first kappa shape index (κ1) is 16.9. The number of carbonyl (C=O) groups is 3. The molecule has 5 nitrogen and oxygen atoms in total. The first-order valence-electron chi connectivity index (χ1n) is 9.57. The number of rotatable bonds is 3. The van der Waals surface area contributed by atoms with Crippen LogP contribution in [0.3, 0.4) is 0 Å². The quantitative estimate of drug-likeness (QED) is 0.662. The molecule has 140 valence electrons. The Labute approximate surface area is 163 Å². The van der Waals surface area contributed by atoms with Crippen molar-refractivity contribution in [1.29, 1.82) is 0 Å². The van der Waals surface area contributed by atoms with Crippen LogP contribution in [-0.2, 0) is 9.59 Å². The summed E-state index contributed by atoms with van der Waals surface area (Å²) in [5.41, 5.74) is 2.86. The third-order valence-electron chi connectivity index (χ3n) is 6.17. The highest BCUT2D eigenvalue weighted by atomic mass is 16.2. The zero-order chi connectivity index (χ0) is 19.4. The number of aryl methyl sites for hydroxylation is 1. The van der Waals surface area contributed by atoms with Crippen LogP contribution in [0.4, 0.5) is 11.4 Å². The molecule has 3 amide bonds. The predicted molar refractivity (Wildman–Crippen MR) is 106 cm³/mol. The SMILES string of the molecule is Cc1ccc(NC(=O)c2ccc(N3C(=O)[C@@H]4[C@H](C3=O)[C@H]3C=C[C@H]4C3)cc2)cc1. The molecule has 1 saturated carbocycles. The second-order valence-electron chi connectivity index (χ2n) is 7.88. The molecule has 28 heavy (non-hydrogen) atoms. The molecular formula is C23H20N2O3. The number of nitrogens with zero attached hydrogens (tertiary/aromatic N) is 1. The zero-order valence-corrected chi connectivity index (χ0v) is 15.5. The number of anilines is 2. The van der Waals surface area contributed by atoms with Gasteiger partial charge in [-0.25, -0.2) is 0 Å². The Bertz CT molecular complexity index is 977. The predicted octanol–water partition coefficient (Wildman–Crippen LogP) is 3.56. The maximum Gasteiger partial charge on any atom is 0.255 e. The molecule has 1 N–H and O–H groups in total. The van der Waals surface area contributed by atoms with Gasteiger partial charge in [0.25, 0.3) is 5.91 Å². The van der Waals surface area contributed by atoms with Crippen LogP contribution in [-0.4, -0.2) is 17.7 Å². The maximum atomic E-state index is 12.9. The number of allylic oxidation sites excluding steroid dienone is 2. The van der Waals surface area contributed by atoms with Gasteiger partial charge in [-0.2, -0.15) is 0 Å². The van der Waals surface area contributed by atoms with Gasteiger partial charge in [0.05, 0.1) is 17.5 Å². The van der Waals surface area contributed by atoms with Crippen LogP contribution in [0.2, 0.25) is 0 Å². The lowest BCUT2D eigenvalue weighted by atomic mass is 9.85. The topological polar surface area (TPSA) is 66.5 Å². The molecule has 3 aliphatic rings. The van der Waals surface area contributed by atoms with Crippen molar-refractivity contribution in [3.63, 3.8) is 0 Å². The van der Waals surface area contributed by atoms with E-state index in [4.69, 9.17) is 0 Å². The number of benzene rings is 2. The monoisotopic (exact) mass is 372 g/mol. The minimum absolute atomic E-state index is 0.108. The molecule has 2 aliphatic carbocycles. The molecule has 2 fully saturated rings. The van der Waals surface area contributed by atoms with Gasteiger partial charge in [-0.3, -0.25) is 19.3 Å². The van der Waals surface area contributed by atoms with Crippen molar-refractivity contribution in [3.05, 3.63) is 71.8 Å². The fourth-order valence-corrected chi connectivity index (χ4v) is 4.76. The normalized spacial score (nSPS) is 27.4. The van der Waals surface area contributed by atoms with Gasteiger partial charge in [0.2, 0.25) is 11.8 Å². The van der Waals surface area contributed by atoms with Crippen molar-refractivity contribution in [3.8, 4) is 0 Å². The molecule has 0 unspecified atom stereocenters. The second kappa shape index (κ2) is 6.16. The van der Waals surface area contributed by atoms with Crippen LogP contribution in [0.15, 0.2) is 60.7 Å². The van der Waals surface area contributed by atoms with Crippen LogP contribution < -0.4 is 10.2 Å². The van der Waals surface area contributed by atoms with E-state index in [0.29, 0.717) is 11.3 Å². The van der Waals surface area contributed by atoms with E-state index in [0.717, 1.165) is 17.7 Å². The van der Waals surface area contributed by atoms with E-state index >= 15 is 0 Å². The molecule has 0 radical (unpaired) electrons. The Kier molecular flexibility index (Phi) is 3.72. The van der Waals surface area contributed by atoms with Gasteiger partial charge in [0.15, 0.2) is 0 Å². The molecule has 1 saturated heterocycles. The van der Waals surface area contributed by atoms with E-state index in [1.807, 2.05) is 31.2 Å². The number of hydrogen-bond acceptors (Lipinski definition) is 3. The number of amides is 3. The lowest BCUT2D eigenvalue weighted by molar-refractivity contribution is -0.123. The number of imide groups is 1. The Morgan fingerprint density at radius 2 is 1.46 bits per heavy atom. The summed E-state index contributed by atoms with van der Waals surface area (Å²) in [6.45, 7) is 1.99. The molecule has 2 aromatic carbocycles. The summed E-state index contributed by atoms with van der Waals surface area (Å²) in [4.78, 5) is 39.5. The van der Waals surface area contributed by atoms with E-state index in [-0.39, 0.29) is 41.4 Å². The summed E-state index contributed by atoms with van der Waals surface area (Å²) in [5.74, 6) is -0.493. The Hall–Kier alpha value is -3.21. The van der Waals surface area contributed by atoms with Crippen molar-refractivity contribution in [2.45, 2.75) is 13.3 Å². The molecule has 0 aromatic heterocycles. The van der Waals surface area contributed by atoms with Crippen LogP contribution in [0.25, 0.3) is 0 Å². The highest BCUT2D eigenvalue weighted by molar-refractivity contribution is 6.23. The Morgan fingerprint density at radius 1 is 0.893 bits per heavy atom. The fraction of sp³-hybridized carbons (Fsp3) is 0.261. The van der Waals surface area contributed by atoms with Crippen molar-refractivity contribution in [2.75, 3.05) is 10.2 Å². The van der Waals surface area contributed by atoms with Crippen molar-refractivity contribution < 1.29 is 14.4 Å². The number of carbonyl (C=O) groups excluding carboxylic acids is 3. The van der Waals surface area contributed by atoms with Gasteiger partial charge in [-0.05, 0) is 61.6 Å². The fourth-order valence-electron chi connectivity index (χ4n) is 4.76. The Morgan fingerprint density at radius 3 is 2.04 bits per heavy atom. The van der Waals surface area contributed by atoms with E-state index in [1.54, 1.807) is 24.3 Å². The lowest BCUT2D eigenvalue weighted by Crippen LogP contribution is -2.32.